The molecule has 2 aliphatic rings. The molecule has 2 aromatic rings. The molecule has 200 valence electrons. The number of aromatic nitrogens is 2. The molecule has 0 bridgehead atoms. The van der Waals surface area contributed by atoms with Crippen molar-refractivity contribution in [2.45, 2.75) is 45.0 Å². The highest BCUT2D eigenvalue weighted by molar-refractivity contribution is 6.31. The molecule has 0 saturated carbocycles. The van der Waals surface area contributed by atoms with Gasteiger partial charge in [-0.3, -0.25) is 19.1 Å². The maximum atomic E-state index is 14.2. The Morgan fingerprint density at radius 2 is 2.00 bits per heavy atom. The molecule has 10 nitrogen and oxygen atoms in total. The van der Waals surface area contributed by atoms with E-state index in [-0.39, 0.29) is 35.9 Å². The van der Waals surface area contributed by atoms with Crippen LogP contribution in [-0.4, -0.2) is 81.7 Å². The second-order valence-corrected chi connectivity index (χ2v) is 9.23. The number of amides is 4. The summed E-state index contributed by atoms with van der Waals surface area (Å²) in [6, 6.07) is 0.364. The maximum absolute atomic E-state index is 14.2. The van der Waals surface area contributed by atoms with Gasteiger partial charge in [-0.2, -0.15) is 5.10 Å². The molecule has 15 heteroatoms. The zero-order chi connectivity index (χ0) is 27.2. The number of likely N-dealkylation sites (N-methyl/N-ethyl adjacent to an activating group) is 1. The third-order valence-electron chi connectivity index (χ3n) is 6.17. The molecule has 2 atom stereocenters. The summed E-state index contributed by atoms with van der Waals surface area (Å²) >= 11 is 5.70. The first-order valence-electron chi connectivity index (χ1n) is 11.2. The lowest BCUT2D eigenvalue weighted by Gasteiger charge is -2.33. The van der Waals surface area contributed by atoms with Crippen molar-refractivity contribution < 1.29 is 36.8 Å². The Kier molecular flexibility index (Phi) is 7.33. The molecule has 2 aliphatic heterocycles. The minimum atomic E-state index is -2.75. The Morgan fingerprint density at radius 3 is 2.68 bits per heavy atom. The summed E-state index contributed by atoms with van der Waals surface area (Å²) in [5.74, 6) is -3.39. The van der Waals surface area contributed by atoms with Crippen LogP contribution in [0.1, 0.15) is 28.7 Å². The van der Waals surface area contributed by atoms with E-state index in [4.69, 9.17) is 16.4 Å². The van der Waals surface area contributed by atoms with Crippen LogP contribution in [0, 0.1) is 11.6 Å². The lowest BCUT2D eigenvalue weighted by molar-refractivity contribution is -0.177. The number of alkyl halides is 2. The van der Waals surface area contributed by atoms with Crippen LogP contribution in [0.15, 0.2) is 12.1 Å². The highest BCUT2D eigenvalue weighted by Crippen LogP contribution is 2.30. The van der Waals surface area contributed by atoms with E-state index in [1.165, 1.54) is 23.7 Å². The zero-order valence-corrected chi connectivity index (χ0v) is 20.7. The number of nitrogens with zero attached hydrogens (tertiary/aromatic N) is 5. The quantitative estimate of drug-likeness (QED) is 0.470. The number of carbonyl (C=O) groups is 3. The number of hydrogen-bond acceptors (Lipinski definition) is 5. The van der Waals surface area contributed by atoms with Gasteiger partial charge in [-0.15, -0.1) is 0 Å². The number of hydrogen-bond donors (Lipinski definition) is 1. The van der Waals surface area contributed by atoms with Crippen LogP contribution in [0.2, 0.25) is 5.02 Å². The monoisotopic (exact) mass is 546 g/mol. The molecular formula is C22H23ClF4N6O4. The van der Waals surface area contributed by atoms with Crippen LogP contribution in [0.3, 0.4) is 0 Å². The first kappa shape index (κ1) is 26.7. The van der Waals surface area contributed by atoms with E-state index in [2.05, 4.69) is 10.4 Å². The van der Waals surface area contributed by atoms with Crippen LogP contribution in [0.5, 0.6) is 0 Å². The van der Waals surface area contributed by atoms with Crippen molar-refractivity contribution in [1.82, 2.24) is 24.6 Å². The molecule has 4 amide bonds. The van der Waals surface area contributed by atoms with E-state index in [0.717, 1.165) is 16.0 Å². The number of benzene rings is 1. The highest BCUT2D eigenvalue weighted by Gasteiger charge is 2.40. The van der Waals surface area contributed by atoms with Crippen molar-refractivity contribution in [3.8, 4) is 0 Å². The van der Waals surface area contributed by atoms with Crippen LogP contribution < -0.4 is 5.32 Å². The van der Waals surface area contributed by atoms with Gasteiger partial charge in [0.1, 0.15) is 17.3 Å². The maximum Gasteiger partial charge on any atom is 0.322 e. The van der Waals surface area contributed by atoms with Gasteiger partial charge in [0.05, 0.1) is 36.0 Å². The third-order valence-corrected chi connectivity index (χ3v) is 6.46. The lowest BCUT2D eigenvalue weighted by Crippen LogP contribution is -2.45. The number of rotatable bonds is 4. The van der Waals surface area contributed by atoms with Gasteiger partial charge in [-0.1, -0.05) is 11.6 Å². The van der Waals surface area contributed by atoms with Crippen LogP contribution >= 0.6 is 11.6 Å². The fourth-order valence-corrected chi connectivity index (χ4v) is 4.45. The summed E-state index contributed by atoms with van der Waals surface area (Å²) in [6.07, 6.45) is -3.80. The van der Waals surface area contributed by atoms with Gasteiger partial charge in [0, 0.05) is 38.2 Å². The fraction of sp³-hybridized carbons (Fsp3) is 0.455. The first-order chi connectivity index (χ1) is 17.4. The smallest absolute Gasteiger partial charge is 0.322 e. The van der Waals surface area contributed by atoms with Gasteiger partial charge in [0.15, 0.2) is 6.10 Å². The number of nitrogens with one attached hydrogen (secondary N) is 1. The van der Waals surface area contributed by atoms with Gasteiger partial charge in [0.25, 0.3) is 18.2 Å². The largest absolute Gasteiger partial charge is 0.338 e. The Morgan fingerprint density at radius 1 is 1.30 bits per heavy atom. The van der Waals surface area contributed by atoms with Gasteiger partial charge in [0.2, 0.25) is 0 Å². The van der Waals surface area contributed by atoms with Crippen LogP contribution in [0.25, 0.3) is 0 Å². The van der Waals surface area contributed by atoms with Crippen molar-refractivity contribution in [2.75, 3.05) is 26.0 Å². The average molecular weight is 547 g/mol. The summed E-state index contributed by atoms with van der Waals surface area (Å²) in [4.78, 5) is 46.4. The van der Waals surface area contributed by atoms with E-state index in [0.29, 0.717) is 17.3 Å². The molecule has 4 rings (SSSR count). The minimum absolute atomic E-state index is 0.0741. The molecule has 37 heavy (non-hydrogen) atoms. The molecule has 1 aromatic carbocycles. The third kappa shape index (κ3) is 5.21. The molecule has 0 saturated heterocycles. The summed E-state index contributed by atoms with van der Waals surface area (Å²) in [6.45, 7) is 0.617. The molecule has 0 aliphatic carbocycles. The molecule has 0 spiro atoms. The van der Waals surface area contributed by atoms with E-state index >= 15 is 0 Å². The molecule has 1 aromatic heterocycles. The van der Waals surface area contributed by atoms with Gasteiger partial charge in [-0.25, -0.2) is 27.4 Å². The van der Waals surface area contributed by atoms with Crippen molar-refractivity contribution in [1.29, 1.82) is 0 Å². The zero-order valence-electron chi connectivity index (χ0n) is 20.0. The molecular weight excluding hydrogens is 524 g/mol. The number of halogens is 5. The topological polar surface area (TPSA) is 100 Å². The second kappa shape index (κ2) is 10.2. The van der Waals surface area contributed by atoms with Crippen LogP contribution in [-0.2, 0) is 29.1 Å². The van der Waals surface area contributed by atoms with Crippen molar-refractivity contribution in [3.05, 3.63) is 45.7 Å². The van der Waals surface area contributed by atoms with E-state index in [1.54, 1.807) is 6.92 Å². The highest BCUT2D eigenvalue weighted by atomic mass is 35.5. The average Bonchev–Trinajstić information content (AvgIpc) is 3.10. The second-order valence-electron chi connectivity index (χ2n) is 8.82. The molecule has 0 fully saturated rings. The van der Waals surface area contributed by atoms with Crippen LogP contribution in [0.4, 0.5) is 28.0 Å². The number of fused-ring (bicyclic) bond motifs is 3. The minimum Gasteiger partial charge on any atom is -0.338 e. The lowest BCUT2D eigenvalue weighted by atomic mass is 9.99. The van der Waals surface area contributed by atoms with Crippen molar-refractivity contribution in [2.24, 2.45) is 0 Å². The molecule has 0 unspecified atom stereocenters. The molecule has 1 N–H and O–H groups in total. The summed E-state index contributed by atoms with van der Waals surface area (Å²) in [5.41, 5.74) is 0.672. The first-order valence-corrected chi connectivity index (χ1v) is 11.5. The predicted molar refractivity (Wildman–Crippen MR) is 122 cm³/mol. The van der Waals surface area contributed by atoms with Crippen molar-refractivity contribution >= 4 is 35.1 Å². The molecule has 3 heterocycles. The number of anilines is 1. The number of carbonyl (C=O) groups excluding carboxylic acids is 3. The van der Waals surface area contributed by atoms with Gasteiger partial charge in [-0.05, 0) is 13.0 Å². The van der Waals surface area contributed by atoms with E-state index in [9.17, 15) is 31.9 Å². The number of urea groups is 1. The predicted octanol–water partition coefficient (Wildman–Crippen LogP) is 2.90. The Bertz CT molecular complexity index is 1260. The van der Waals surface area contributed by atoms with Gasteiger partial charge >= 0.3 is 6.03 Å². The normalized spacial score (nSPS) is 19.4. The summed E-state index contributed by atoms with van der Waals surface area (Å²) in [5, 5.41) is 7.27. The Balaban J connectivity index is 1.60. The SMILES string of the molecule is C[C@@H]1Cc2nn3c(c2CN1C(=O)Nc1cc(Cl)c(F)cc1F)C(=O)N(C)O[C@@H](C(=O)N(C)CC(F)F)C3. The Labute approximate surface area is 213 Å². The van der Waals surface area contributed by atoms with Crippen molar-refractivity contribution in [3.63, 3.8) is 0 Å². The summed E-state index contributed by atoms with van der Waals surface area (Å²) in [7, 11) is 2.48. The Hall–Kier alpha value is -3.39. The van der Waals surface area contributed by atoms with E-state index in [1.807, 2.05) is 0 Å². The fourth-order valence-electron chi connectivity index (χ4n) is 4.29. The van der Waals surface area contributed by atoms with E-state index < -0.39 is 54.6 Å². The standard InChI is InChI=1S/C22H23ClF4N6O4/c1-10-4-15-11(7-32(10)22(36)28-16-5-12(23)13(24)6-14(16)25)19-21(35)31(3)37-17(8-33(19)29-15)20(34)30(2)9-18(26)27/h5-6,10,17-18H,4,7-9H2,1-3H3,(H,28,36)/t10-,17-/m1/s1. The van der Waals surface area contributed by atoms with Gasteiger partial charge < -0.3 is 15.1 Å². The number of hydroxylamine groups is 2. The molecule has 0 radical (unpaired) electrons. The summed E-state index contributed by atoms with van der Waals surface area (Å²) < 4.78 is 54.4.